The van der Waals surface area contributed by atoms with E-state index in [1.54, 1.807) is 0 Å². The van der Waals surface area contributed by atoms with Gasteiger partial charge in [0.15, 0.2) is 0 Å². The largest absolute Gasteiger partial charge is 0.382 e. The number of carbonyl (C=O) groups is 2. The summed E-state index contributed by atoms with van der Waals surface area (Å²) in [5.41, 5.74) is 11.0. The number of nitrogens with two attached hydrogens (primary N) is 2. The van der Waals surface area contributed by atoms with Gasteiger partial charge in [-0.25, -0.2) is 0 Å². The standard InChI is InChI=1S/C11H17N5O2/c12-9-5-8(15-16-9)11(18)14-7-3-1-6(2-4-7)10(13)17/h5-7H,1-4H2,(H2,13,17)(H,14,18)(H3,12,15,16). The zero-order valence-corrected chi connectivity index (χ0v) is 9.98. The van der Waals surface area contributed by atoms with Crippen LogP contribution >= 0.6 is 0 Å². The van der Waals surface area contributed by atoms with E-state index in [9.17, 15) is 9.59 Å². The van der Waals surface area contributed by atoms with Gasteiger partial charge in [-0.1, -0.05) is 0 Å². The van der Waals surface area contributed by atoms with Crippen LogP contribution in [0.3, 0.4) is 0 Å². The Balaban J connectivity index is 1.85. The van der Waals surface area contributed by atoms with Gasteiger partial charge >= 0.3 is 0 Å². The van der Waals surface area contributed by atoms with Crippen molar-refractivity contribution < 1.29 is 9.59 Å². The van der Waals surface area contributed by atoms with E-state index in [1.807, 2.05) is 0 Å². The van der Waals surface area contributed by atoms with E-state index >= 15 is 0 Å². The first-order valence-electron chi connectivity index (χ1n) is 5.97. The number of nitrogens with zero attached hydrogens (tertiary/aromatic N) is 1. The van der Waals surface area contributed by atoms with Crippen molar-refractivity contribution in [3.63, 3.8) is 0 Å². The maximum Gasteiger partial charge on any atom is 0.269 e. The average molecular weight is 251 g/mol. The fourth-order valence-corrected chi connectivity index (χ4v) is 2.24. The number of nitrogens with one attached hydrogen (secondary N) is 2. The van der Waals surface area contributed by atoms with Crippen LogP contribution < -0.4 is 16.8 Å². The highest BCUT2D eigenvalue weighted by Gasteiger charge is 2.26. The van der Waals surface area contributed by atoms with Crippen LogP contribution in [0.25, 0.3) is 0 Å². The fourth-order valence-electron chi connectivity index (χ4n) is 2.24. The molecule has 1 aliphatic rings. The Morgan fingerprint density at radius 1 is 1.33 bits per heavy atom. The van der Waals surface area contributed by atoms with Gasteiger partial charge in [0, 0.05) is 18.0 Å². The van der Waals surface area contributed by atoms with Crippen LogP contribution in [0.5, 0.6) is 0 Å². The number of rotatable bonds is 3. The highest BCUT2D eigenvalue weighted by atomic mass is 16.2. The second-order valence-corrected chi connectivity index (χ2v) is 4.63. The van der Waals surface area contributed by atoms with Gasteiger partial charge < -0.3 is 16.8 Å². The van der Waals surface area contributed by atoms with Gasteiger partial charge in [0.1, 0.15) is 11.5 Å². The quantitative estimate of drug-likeness (QED) is 0.591. The molecule has 0 bridgehead atoms. The lowest BCUT2D eigenvalue weighted by atomic mass is 9.85. The summed E-state index contributed by atoms with van der Waals surface area (Å²) in [5, 5.41) is 9.15. The van der Waals surface area contributed by atoms with Crippen LogP contribution in [0.15, 0.2) is 6.07 Å². The molecule has 0 aromatic carbocycles. The topological polar surface area (TPSA) is 127 Å². The van der Waals surface area contributed by atoms with E-state index in [0.29, 0.717) is 5.69 Å². The molecule has 1 fully saturated rings. The summed E-state index contributed by atoms with van der Waals surface area (Å²) in [5.74, 6) is -0.235. The van der Waals surface area contributed by atoms with Crippen molar-refractivity contribution in [1.29, 1.82) is 0 Å². The first-order valence-corrected chi connectivity index (χ1v) is 5.97. The third-order valence-electron chi connectivity index (χ3n) is 3.31. The number of aromatic nitrogens is 2. The number of primary amides is 1. The number of hydrogen-bond donors (Lipinski definition) is 4. The summed E-state index contributed by atoms with van der Waals surface area (Å²) in [7, 11) is 0. The first kappa shape index (κ1) is 12.4. The molecule has 0 unspecified atom stereocenters. The second kappa shape index (κ2) is 5.07. The first-order chi connectivity index (χ1) is 8.56. The Kier molecular flexibility index (Phi) is 3.50. The Bertz CT molecular complexity index is 448. The van der Waals surface area contributed by atoms with E-state index in [2.05, 4.69) is 15.5 Å². The lowest BCUT2D eigenvalue weighted by Gasteiger charge is -2.27. The molecular weight excluding hydrogens is 234 g/mol. The molecule has 1 aliphatic carbocycles. The number of carbonyl (C=O) groups excluding carboxylic acids is 2. The molecule has 1 saturated carbocycles. The van der Waals surface area contributed by atoms with Gasteiger partial charge in [-0.05, 0) is 25.7 Å². The molecule has 0 aliphatic heterocycles. The maximum atomic E-state index is 11.8. The zero-order chi connectivity index (χ0) is 13.1. The van der Waals surface area contributed by atoms with Crippen molar-refractivity contribution >= 4 is 17.6 Å². The minimum absolute atomic E-state index is 0.0547. The van der Waals surface area contributed by atoms with Crippen LogP contribution in [0.2, 0.25) is 0 Å². The summed E-state index contributed by atoms with van der Waals surface area (Å²) >= 11 is 0. The van der Waals surface area contributed by atoms with E-state index in [4.69, 9.17) is 11.5 Å². The van der Waals surface area contributed by atoms with Crippen molar-refractivity contribution in [2.45, 2.75) is 31.7 Å². The SMILES string of the molecule is NC(=O)C1CCC(NC(=O)c2cc(N)n[nH]2)CC1. The minimum atomic E-state index is -0.249. The molecule has 1 aromatic rings. The fraction of sp³-hybridized carbons (Fsp3) is 0.545. The van der Waals surface area contributed by atoms with Gasteiger partial charge in [-0.2, -0.15) is 5.10 Å². The molecule has 98 valence electrons. The molecule has 0 spiro atoms. The summed E-state index contributed by atoms with van der Waals surface area (Å²) in [6.45, 7) is 0. The molecule has 0 radical (unpaired) electrons. The van der Waals surface area contributed by atoms with Crippen LogP contribution in [0.4, 0.5) is 5.82 Å². The number of hydrogen-bond acceptors (Lipinski definition) is 4. The second-order valence-electron chi connectivity index (χ2n) is 4.63. The van der Waals surface area contributed by atoms with E-state index in [-0.39, 0.29) is 29.6 Å². The lowest BCUT2D eigenvalue weighted by molar-refractivity contribution is -0.122. The van der Waals surface area contributed by atoms with E-state index in [1.165, 1.54) is 6.07 Å². The van der Waals surface area contributed by atoms with Gasteiger partial charge in [0.2, 0.25) is 5.91 Å². The van der Waals surface area contributed by atoms with Crippen LogP contribution in [-0.4, -0.2) is 28.1 Å². The smallest absolute Gasteiger partial charge is 0.269 e. The highest BCUT2D eigenvalue weighted by Crippen LogP contribution is 2.24. The number of anilines is 1. The van der Waals surface area contributed by atoms with Gasteiger partial charge in [-0.3, -0.25) is 14.7 Å². The van der Waals surface area contributed by atoms with Gasteiger partial charge in [-0.15, -0.1) is 0 Å². The Hall–Kier alpha value is -2.05. The van der Waals surface area contributed by atoms with Crippen molar-refractivity contribution in [2.24, 2.45) is 11.7 Å². The average Bonchev–Trinajstić information content (AvgIpc) is 2.76. The van der Waals surface area contributed by atoms with E-state index in [0.717, 1.165) is 25.7 Å². The molecule has 1 heterocycles. The zero-order valence-electron chi connectivity index (χ0n) is 9.98. The Labute approximate surface area is 104 Å². The monoisotopic (exact) mass is 251 g/mol. The molecule has 2 rings (SSSR count). The molecule has 1 aromatic heterocycles. The third-order valence-corrected chi connectivity index (χ3v) is 3.31. The molecule has 7 nitrogen and oxygen atoms in total. The normalized spacial score (nSPS) is 23.6. The summed E-state index contributed by atoms with van der Waals surface area (Å²) in [6, 6.07) is 1.57. The van der Waals surface area contributed by atoms with Crippen molar-refractivity contribution in [3.8, 4) is 0 Å². The molecule has 0 atom stereocenters. The molecule has 0 saturated heterocycles. The third kappa shape index (κ3) is 2.79. The van der Waals surface area contributed by atoms with Crippen LogP contribution in [0, 0.1) is 5.92 Å². The number of amides is 2. The van der Waals surface area contributed by atoms with Crippen LogP contribution in [0.1, 0.15) is 36.2 Å². The summed E-state index contributed by atoms with van der Waals surface area (Å²) < 4.78 is 0. The molecule has 18 heavy (non-hydrogen) atoms. The predicted molar refractivity (Wildman–Crippen MR) is 65.4 cm³/mol. The van der Waals surface area contributed by atoms with Gasteiger partial charge in [0.05, 0.1) is 0 Å². The van der Waals surface area contributed by atoms with Crippen molar-refractivity contribution in [1.82, 2.24) is 15.5 Å². The van der Waals surface area contributed by atoms with Crippen LogP contribution in [-0.2, 0) is 4.79 Å². The Morgan fingerprint density at radius 2 is 2.00 bits per heavy atom. The minimum Gasteiger partial charge on any atom is -0.382 e. The molecule has 2 amide bonds. The van der Waals surface area contributed by atoms with Crippen molar-refractivity contribution in [3.05, 3.63) is 11.8 Å². The molecular formula is C11H17N5O2. The maximum absolute atomic E-state index is 11.8. The lowest BCUT2D eigenvalue weighted by Crippen LogP contribution is -2.39. The molecule has 6 N–H and O–H groups in total. The summed E-state index contributed by atoms with van der Waals surface area (Å²) in [4.78, 5) is 22.8. The Morgan fingerprint density at radius 3 is 2.50 bits per heavy atom. The summed E-state index contributed by atoms with van der Waals surface area (Å²) in [6.07, 6.45) is 2.99. The number of nitrogen functional groups attached to an aromatic ring is 1. The molecule has 7 heteroatoms. The highest BCUT2D eigenvalue weighted by molar-refractivity contribution is 5.93. The number of H-pyrrole nitrogens is 1. The predicted octanol–water partition coefficient (Wildman–Crippen LogP) is -0.234. The van der Waals surface area contributed by atoms with Crippen molar-refractivity contribution in [2.75, 3.05) is 5.73 Å². The van der Waals surface area contributed by atoms with E-state index < -0.39 is 0 Å². The number of aromatic amines is 1. The van der Waals surface area contributed by atoms with Gasteiger partial charge in [0.25, 0.3) is 5.91 Å².